The van der Waals surface area contributed by atoms with Crippen LogP contribution in [-0.4, -0.2) is 50.8 Å². The third-order valence-corrected chi connectivity index (χ3v) is 3.86. The van der Waals surface area contributed by atoms with E-state index >= 15 is 0 Å². The fourth-order valence-corrected chi connectivity index (χ4v) is 2.44. The van der Waals surface area contributed by atoms with Crippen LogP contribution in [0.1, 0.15) is 39.5 Å². The monoisotopic (exact) mass is 242 g/mol. The minimum atomic E-state index is 0.705. The number of ether oxygens (including phenoxy) is 1. The van der Waals surface area contributed by atoms with E-state index in [0.29, 0.717) is 6.04 Å². The van der Waals surface area contributed by atoms with E-state index in [-0.39, 0.29) is 0 Å². The van der Waals surface area contributed by atoms with E-state index in [1.165, 1.54) is 32.2 Å². The highest BCUT2D eigenvalue weighted by Gasteiger charge is 2.18. The molecule has 0 saturated carbocycles. The first-order chi connectivity index (χ1) is 8.24. The van der Waals surface area contributed by atoms with Crippen LogP contribution >= 0.6 is 0 Å². The van der Waals surface area contributed by atoms with Crippen molar-refractivity contribution in [2.24, 2.45) is 5.92 Å². The van der Waals surface area contributed by atoms with Crippen LogP contribution in [0.3, 0.4) is 0 Å². The number of nitrogens with zero attached hydrogens (tertiary/aromatic N) is 1. The highest BCUT2D eigenvalue weighted by Crippen LogP contribution is 2.17. The van der Waals surface area contributed by atoms with Gasteiger partial charge in [-0.3, -0.25) is 0 Å². The molecule has 1 N–H and O–H groups in total. The van der Waals surface area contributed by atoms with E-state index in [9.17, 15) is 0 Å². The lowest BCUT2D eigenvalue weighted by atomic mass is 9.99. The van der Waals surface area contributed by atoms with Gasteiger partial charge in [0.1, 0.15) is 0 Å². The van der Waals surface area contributed by atoms with Crippen LogP contribution in [0.5, 0.6) is 0 Å². The maximum Gasteiger partial charge on any atom is 0.0469 e. The number of hydrogen-bond acceptors (Lipinski definition) is 3. The third kappa shape index (κ3) is 6.39. The van der Waals surface area contributed by atoms with Gasteiger partial charge in [0.2, 0.25) is 0 Å². The zero-order valence-corrected chi connectivity index (χ0v) is 11.9. The van der Waals surface area contributed by atoms with E-state index in [1.807, 2.05) is 0 Å². The smallest absolute Gasteiger partial charge is 0.0469 e. The molecule has 1 aliphatic rings. The van der Waals surface area contributed by atoms with Crippen molar-refractivity contribution in [2.45, 2.75) is 45.6 Å². The molecular formula is C14H30N2O. The van der Waals surface area contributed by atoms with E-state index < -0.39 is 0 Å². The molecule has 0 aromatic carbocycles. The Hall–Kier alpha value is -0.120. The Bertz CT molecular complexity index is 181. The average molecular weight is 242 g/mol. The Labute approximate surface area is 107 Å². The Morgan fingerprint density at radius 3 is 2.71 bits per heavy atom. The number of hydrogen-bond donors (Lipinski definition) is 1. The minimum absolute atomic E-state index is 0.705. The molecule has 0 aromatic heterocycles. The van der Waals surface area contributed by atoms with Crippen molar-refractivity contribution < 1.29 is 4.74 Å². The molecule has 1 aliphatic heterocycles. The first-order valence-corrected chi connectivity index (χ1v) is 7.22. The second kappa shape index (κ2) is 8.90. The van der Waals surface area contributed by atoms with E-state index in [0.717, 1.165) is 32.2 Å². The van der Waals surface area contributed by atoms with Crippen molar-refractivity contribution in [3.8, 4) is 0 Å². The van der Waals surface area contributed by atoms with Gasteiger partial charge in [-0.1, -0.05) is 6.92 Å². The number of rotatable bonds is 8. The first kappa shape index (κ1) is 14.9. The van der Waals surface area contributed by atoms with Crippen molar-refractivity contribution in [3.63, 3.8) is 0 Å². The molecule has 17 heavy (non-hydrogen) atoms. The molecule has 1 rings (SSSR count). The maximum absolute atomic E-state index is 5.41. The average Bonchev–Trinajstić information content (AvgIpc) is 2.35. The minimum Gasteiger partial charge on any atom is -0.381 e. The van der Waals surface area contributed by atoms with Gasteiger partial charge in [-0.2, -0.15) is 0 Å². The molecule has 0 aromatic rings. The maximum atomic E-state index is 5.41. The lowest BCUT2D eigenvalue weighted by Crippen LogP contribution is -2.36. The zero-order valence-electron chi connectivity index (χ0n) is 11.9. The molecule has 1 atom stereocenters. The standard InChI is InChI=1S/C14H30N2O/c1-4-15-9-5-6-13(2)16(3)12-14-7-10-17-11-8-14/h13-15H,4-12H2,1-3H3. The Morgan fingerprint density at radius 2 is 2.06 bits per heavy atom. The molecule has 1 fully saturated rings. The molecule has 1 heterocycles. The second-order valence-corrected chi connectivity index (χ2v) is 5.34. The third-order valence-electron chi connectivity index (χ3n) is 3.86. The van der Waals surface area contributed by atoms with Crippen molar-refractivity contribution in [1.29, 1.82) is 0 Å². The Balaban J connectivity index is 2.10. The summed E-state index contributed by atoms with van der Waals surface area (Å²) in [4.78, 5) is 2.53. The summed E-state index contributed by atoms with van der Waals surface area (Å²) < 4.78 is 5.41. The molecule has 0 spiro atoms. The summed E-state index contributed by atoms with van der Waals surface area (Å²) in [5, 5.41) is 3.39. The van der Waals surface area contributed by atoms with Crippen molar-refractivity contribution in [2.75, 3.05) is 39.9 Å². The topological polar surface area (TPSA) is 24.5 Å². The van der Waals surface area contributed by atoms with Crippen molar-refractivity contribution in [1.82, 2.24) is 10.2 Å². The normalized spacial score (nSPS) is 19.8. The van der Waals surface area contributed by atoms with Gasteiger partial charge < -0.3 is 15.0 Å². The van der Waals surface area contributed by atoms with Gasteiger partial charge in [0.25, 0.3) is 0 Å². The van der Waals surface area contributed by atoms with Gasteiger partial charge in [0.15, 0.2) is 0 Å². The van der Waals surface area contributed by atoms with E-state index in [2.05, 4.69) is 31.1 Å². The van der Waals surface area contributed by atoms with Crippen LogP contribution in [-0.2, 0) is 4.74 Å². The van der Waals surface area contributed by atoms with Gasteiger partial charge in [-0.25, -0.2) is 0 Å². The van der Waals surface area contributed by atoms with Crippen molar-refractivity contribution in [3.05, 3.63) is 0 Å². The van der Waals surface area contributed by atoms with Gasteiger partial charge in [0, 0.05) is 25.8 Å². The molecular weight excluding hydrogens is 212 g/mol. The zero-order chi connectivity index (χ0) is 12.5. The van der Waals surface area contributed by atoms with Gasteiger partial charge in [-0.05, 0) is 58.7 Å². The molecule has 0 bridgehead atoms. The summed E-state index contributed by atoms with van der Waals surface area (Å²) in [5.41, 5.74) is 0. The predicted molar refractivity (Wildman–Crippen MR) is 73.4 cm³/mol. The largest absolute Gasteiger partial charge is 0.381 e. The second-order valence-electron chi connectivity index (χ2n) is 5.34. The Morgan fingerprint density at radius 1 is 1.35 bits per heavy atom. The van der Waals surface area contributed by atoms with Gasteiger partial charge >= 0.3 is 0 Å². The van der Waals surface area contributed by atoms with E-state index in [4.69, 9.17) is 4.74 Å². The van der Waals surface area contributed by atoms with Crippen LogP contribution in [0, 0.1) is 5.92 Å². The van der Waals surface area contributed by atoms with E-state index in [1.54, 1.807) is 0 Å². The summed E-state index contributed by atoms with van der Waals surface area (Å²) in [5.74, 6) is 0.852. The fraction of sp³-hybridized carbons (Fsp3) is 1.00. The molecule has 3 heteroatoms. The first-order valence-electron chi connectivity index (χ1n) is 7.22. The lowest BCUT2D eigenvalue weighted by molar-refractivity contribution is 0.0507. The SMILES string of the molecule is CCNCCCC(C)N(C)CC1CCOCC1. The number of nitrogens with one attached hydrogen (secondary N) is 1. The van der Waals surface area contributed by atoms with Gasteiger partial charge in [0.05, 0.1) is 0 Å². The fourth-order valence-electron chi connectivity index (χ4n) is 2.44. The van der Waals surface area contributed by atoms with Crippen LogP contribution in [0.4, 0.5) is 0 Å². The highest BCUT2D eigenvalue weighted by atomic mass is 16.5. The lowest BCUT2D eigenvalue weighted by Gasteiger charge is -2.31. The van der Waals surface area contributed by atoms with Crippen LogP contribution in [0.2, 0.25) is 0 Å². The Kier molecular flexibility index (Phi) is 7.82. The molecule has 1 unspecified atom stereocenters. The molecule has 1 saturated heterocycles. The van der Waals surface area contributed by atoms with Crippen LogP contribution < -0.4 is 5.32 Å². The van der Waals surface area contributed by atoms with Crippen molar-refractivity contribution >= 4 is 0 Å². The molecule has 102 valence electrons. The molecule has 0 amide bonds. The molecule has 3 nitrogen and oxygen atoms in total. The quantitative estimate of drug-likeness (QED) is 0.660. The predicted octanol–water partition coefficient (Wildman–Crippen LogP) is 2.12. The van der Waals surface area contributed by atoms with Crippen LogP contribution in [0.15, 0.2) is 0 Å². The molecule has 0 radical (unpaired) electrons. The summed E-state index contributed by atoms with van der Waals surface area (Å²) in [7, 11) is 2.27. The summed E-state index contributed by atoms with van der Waals surface area (Å²) in [6.45, 7) is 9.94. The summed E-state index contributed by atoms with van der Waals surface area (Å²) >= 11 is 0. The van der Waals surface area contributed by atoms with Crippen LogP contribution in [0.25, 0.3) is 0 Å². The summed E-state index contributed by atoms with van der Waals surface area (Å²) in [6.07, 6.45) is 5.07. The summed E-state index contributed by atoms with van der Waals surface area (Å²) in [6, 6.07) is 0.705. The van der Waals surface area contributed by atoms with Gasteiger partial charge in [-0.15, -0.1) is 0 Å². The highest BCUT2D eigenvalue weighted by molar-refractivity contribution is 4.71. The molecule has 0 aliphatic carbocycles.